The largest absolute Gasteiger partial charge is 0.450 e. The minimum absolute atomic E-state index is 0.111. The van der Waals surface area contributed by atoms with Crippen LogP contribution in [0, 0.1) is 17.1 Å². The number of hydrogen-bond acceptors (Lipinski definition) is 6. The molecule has 35 heavy (non-hydrogen) atoms. The number of halogens is 1. The van der Waals surface area contributed by atoms with Crippen LogP contribution in [0.5, 0.6) is 0 Å². The maximum absolute atomic E-state index is 13.1. The Morgan fingerprint density at radius 3 is 2.69 bits per heavy atom. The second kappa shape index (κ2) is 9.97. The lowest BCUT2D eigenvalue weighted by Gasteiger charge is -2.04. The van der Waals surface area contributed by atoms with Gasteiger partial charge in [0.2, 0.25) is 0 Å². The van der Waals surface area contributed by atoms with Crippen LogP contribution >= 0.6 is 23.1 Å². The minimum atomic E-state index is -0.591. The number of carbonyl (C=O) groups is 1. The SMILES string of the molecule is N#CC(=Cc1ccc(Sc2cccc3ccccc23)o1)C(=O)Nc1nc(-c2ccc(F)cc2)cs1. The molecule has 1 amide bonds. The van der Waals surface area contributed by atoms with Gasteiger partial charge in [-0.1, -0.05) is 48.2 Å². The van der Waals surface area contributed by atoms with Crippen LogP contribution in [0.15, 0.2) is 104 Å². The van der Waals surface area contributed by atoms with Gasteiger partial charge < -0.3 is 4.42 Å². The number of carbonyl (C=O) groups excluding carboxylic acids is 1. The first-order valence-electron chi connectivity index (χ1n) is 10.5. The molecule has 2 aromatic heterocycles. The predicted octanol–water partition coefficient (Wildman–Crippen LogP) is 7.39. The van der Waals surface area contributed by atoms with Gasteiger partial charge in [-0.25, -0.2) is 9.37 Å². The summed E-state index contributed by atoms with van der Waals surface area (Å²) in [6.45, 7) is 0. The molecule has 1 N–H and O–H groups in total. The summed E-state index contributed by atoms with van der Waals surface area (Å²) in [6.07, 6.45) is 1.40. The van der Waals surface area contributed by atoms with Gasteiger partial charge in [0.05, 0.1) is 5.69 Å². The van der Waals surface area contributed by atoms with Gasteiger partial charge in [-0.3, -0.25) is 10.1 Å². The normalized spacial score (nSPS) is 11.4. The van der Waals surface area contributed by atoms with Crippen molar-refractivity contribution in [2.24, 2.45) is 0 Å². The van der Waals surface area contributed by atoms with Crippen molar-refractivity contribution in [3.8, 4) is 17.3 Å². The summed E-state index contributed by atoms with van der Waals surface area (Å²) in [5.41, 5.74) is 1.22. The van der Waals surface area contributed by atoms with Crippen LogP contribution in [0.25, 0.3) is 28.1 Å². The number of anilines is 1. The second-order valence-corrected chi connectivity index (χ2v) is 9.31. The monoisotopic (exact) mass is 497 g/mol. The molecule has 170 valence electrons. The molecule has 0 fully saturated rings. The summed E-state index contributed by atoms with van der Waals surface area (Å²) in [6, 6.07) is 25.5. The van der Waals surface area contributed by atoms with Crippen molar-refractivity contribution >= 4 is 51.0 Å². The Morgan fingerprint density at radius 2 is 1.86 bits per heavy atom. The fraction of sp³-hybridized carbons (Fsp3) is 0. The molecule has 0 saturated heterocycles. The van der Waals surface area contributed by atoms with Crippen molar-refractivity contribution in [2.45, 2.75) is 9.99 Å². The van der Waals surface area contributed by atoms with Gasteiger partial charge >= 0.3 is 0 Å². The number of furan rings is 1. The third-order valence-electron chi connectivity index (χ3n) is 5.08. The number of thiazole rings is 1. The van der Waals surface area contributed by atoms with E-state index in [1.165, 1.54) is 41.3 Å². The highest BCUT2D eigenvalue weighted by Gasteiger charge is 2.14. The van der Waals surface area contributed by atoms with Gasteiger partial charge in [-0.15, -0.1) is 11.3 Å². The lowest BCUT2D eigenvalue weighted by molar-refractivity contribution is -0.112. The van der Waals surface area contributed by atoms with E-state index in [1.54, 1.807) is 29.6 Å². The molecule has 0 aliphatic rings. The molecule has 0 bridgehead atoms. The summed E-state index contributed by atoms with van der Waals surface area (Å²) in [4.78, 5) is 18.0. The summed E-state index contributed by atoms with van der Waals surface area (Å²) in [7, 11) is 0. The van der Waals surface area contributed by atoms with Crippen molar-refractivity contribution in [2.75, 3.05) is 5.32 Å². The Morgan fingerprint density at radius 1 is 1.06 bits per heavy atom. The van der Waals surface area contributed by atoms with Crippen molar-refractivity contribution in [3.05, 3.63) is 101 Å². The maximum atomic E-state index is 13.1. The van der Waals surface area contributed by atoms with Gasteiger partial charge in [-0.05, 0) is 53.2 Å². The van der Waals surface area contributed by atoms with E-state index in [0.717, 1.165) is 21.2 Å². The first-order chi connectivity index (χ1) is 17.1. The van der Waals surface area contributed by atoms with Crippen LogP contribution in [0.3, 0.4) is 0 Å². The average molecular weight is 498 g/mol. The van der Waals surface area contributed by atoms with Crippen LogP contribution in [0.1, 0.15) is 5.76 Å². The minimum Gasteiger partial charge on any atom is -0.450 e. The zero-order valence-electron chi connectivity index (χ0n) is 18.1. The highest BCUT2D eigenvalue weighted by Crippen LogP contribution is 2.35. The molecule has 5 aromatic rings. The molecule has 0 atom stereocenters. The van der Waals surface area contributed by atoms with E-state index >= 15 is 0 Å². The number of amides is 1. The molecule has 0 radical (unpaired) electrons. The second-order valence-electron chi connectivity index (χ2n) is 7.40. The van der Waals surface area contributed by atoms with E-state index in [1.807, 2.05) is 30.3 Å². The summed E-state index contributed by atoms with van der Waals surface area (Å²) < 4.78 is 19.0. The molecule has 5 nitrogen and oxygen atoms in total. The summed E-state index contributed by atoms with van der Waals surface area (Å²) in [5, 5.41) is 17.2. The van der Waals surface area contributed by atoms with Crippen molar-refractivity contribution in [3.63, 3.8) is 0 Å². The molecular weight excluding hydrogens is 481 g/mol. The predicted molar refractivity (Wildman–Crippen MR) is 137 cm³/mol. The topological polar surface area (TPSA) is 78.9 Å². The summed E-state index contributed by atoms with van der Waals surface area (Å²) in [5.74, 6) is -0.532. The number of benzene rings is 3. The summed E-state index contributed by atoms with van der Waals surface area (Å²) >= 11 is 2.69. The first kappa shape index (κ1) is 22.6. The molecule has 2 heterocycles. The number of aromatic nitrogens is 1. The van der Waals surface area contributed by atoms with Crippen molar-refractivity contribution < 1.29 is 13.6 Å². The number of fused-ring (bicyclic) bond motifs is 1. The van der Waals surface area contributed by atoms with E-state index in [4.69, 9.17) is 4.42 Å². The van der Waals surface area contributed by atoms with Crippen LogP contribution < -0.4 is 5.32 Å². The number of nitrogens with one attached hydrogen (secondary N) is 1. The van der Waals surface area contributed by atoms with Crippen LogP contribution in [0.2, 0.25) is 0 Å². The van der Waals surface area contributed by atoms with E-state index in [-0.39, 0.29) is 11.4 Å². The third-order valence-corrected chi connectivity index (χ3v) is 6.83. The zero-order valence-corrected chi connectivity index (χ0v) is 19.7. The first-order valence-corrected chi connectivity index (χ1v) is 12.2. The molecule has 3 aromatic carbocycles. The molecule has 0 aliphatic carbocycles. The van der Waals surface area contributed by atoms with Gasteiger partial charge in [0.1, 0.15) is 23.2 Å². The number of nitrogens with zero attached hydrogens (tertiary/aromatic N) is 2. The molecule has 0 aliphatic heterocycles. The van der Waals surface area contributed by atoms with E-state index in [2.05, 4.69) is 28.5 Å². The quantitative estimate of drug-likeness (QED) is 0.195. The lowest BCUT2D eigenvalue weighted by Crippen LogP contribution is -2.13. The van der Waals surface area contributed by atoms with E-state index in [0.29, 0.717) is 21.7 Å². The highest BCUT2D eigenvalue weighted by molar-refractivity contribution is 7.99. The number of hydrogen-bond donors (Lipinski definition) is 1. The Bertz CT molecular complexity index is 1590. The van der Waals surface area contributed by atoms with Gasteiger partial charge in [0, 0.05) is 21.9 Å². The number of nitriles is 1. The molecule has 0 spiro atoms. The Labute approximate surface area is 208 Å². The fourth-order valence-electron chi connectivity index (χ4n) is 3.40. The van der Waals surface area contributed by atoms with Gasteiger partial charge in [0.15, 0.2) is 10.2 Å². The average Bonchev–Trinajstić information content (AvgIpc) is 3.52. The molecule has 0 saturated carbocycles. The van der Waals surface area contributed by atoms with E-state index < -0.39 is 5.91 Å². The van der Waals surface area contributed by atoms with Crippen LogP contribution in [-0.2, 0) is 4.79 Å². The van der Waals surface area contributed by atoms with Crippen molar-refractivity contribution in [1.82, 2.24) is 4.98 Å². The lowest BCUT2D eigenvalue weighted by atomic mass is 10.1. The third kappa shape index (κ3) is 5.17. The highest BCUT2D eigenvalue weighted by atomic mass is 32.2. The van der Waals surface area contributed by atoms with Gasteiger partial charge in [-0.2, -0.15) is 5.26 Å². The molecular formula is C27H16FN3O2S2. The zero-order chi connectivity index (χ0) is 24.2. The number of rotatable bonds is 6. The Balaban J connectivity index is 1.30. The van der Waals surface area contributed by atoms with Crippen LogP contribution in [0.4, 0.5) is 9.52 Å². The standard InChI is InChI=1S/C27H16FN3O2S2/c28-20-10-8-18(9-11-20)23-16-34-27(30-23)31-26(32)19(15-29)14-21-12-13-25(33-21)35-24-7-3-5-17-4-1-2-6-22(17)24/h1-14,16H,(H,30,31,32). The van der Waals surface area contributed by atoms with Crippen molar-refractivity contribution in [1.29, 1.82) is 5.26 Å². The maximum Gasteiger partial charge on any atom is 0.268 e. The molecule has 8 heteroatoms. The molecule has 5 rings (SSSR count). The van der Waals surface area contributed by atoms with Gasteiger partial charge in [0.25, 0.3) is 5.91 Å². The van der Waals surface area contributed by atoms with E-state index in [9.17, 15) is 14.4 Å². The van der Waals surface area contributed by atoms with Crippen LogP contribution in [-0.4, -0.2) is 10.9 Å². The smallest absolute Gasteiger partial charge is 0.268 e. The fourth-order valence-corrected chi connectivity index (χ4v) is 5.05. The Hall–Kier alpha value is -4.19. The Kier molecular flexibility index (Phi) is 6.44. The molecule has 0 unspecified atom stereocenters.